The van der Waals surface area contributed by atoms with Crippen molar-refractivity contribution in [3.8, 4) is 0 Å². The number of aliphatic imine (C=N–C) groups is 1. The van der Waals surface area contributed by atoms with Crippen LogP contribution in [-0.4, -0.2) is 12.4 Å². The second kappa shape index (κ2) is 3.86. The molecule has 2 N–H and O–H groups in total. The first-order valence-electron chi connectivity index (χ1n) is 6.22. The van der Waals surface area contributed by atoms with Crippen LogP contribution in [0.2, 0.25) is 0 Å². The number of nitrogens with zero attached hydrogens (tertiary/aromatic N) is 1. The zero-order chi connectivity index (χ0) is 12.7. The SMILES string of the molecule is CC1(C)C(CN=C(N)c2ccccc2)C1(C)C. The van der Waals surface area contributed by atoms with Gasteiger partial charge < -0.3 is 5.73 Å². The highest BCUT2D eigenvalue weighted by atomic mass is 14.9. The fraction of sp³-hybridized carbons (Fsp3) is 0.533. The largest absolute Gasteiger partial charge is 0.384 e. The van der Waals surface area contributed by atoms with Gasteiger partial charge in [-0.15, -0.1) is 0 Å². The Labute approximate surface area is 104 Å². The Morgan fingerprint density at radius 1 is 1.12 bits per heavy atom. The summed E-state index contributed by atoms with van der Waals surface area (Å²) >= 11 is 0. The normalized spacial score (nSPS) is 22.5. The molecule has 1 aromatic rings. The average molecular weight is 230 g/mol. The maximum atomic E-state index is 6.00. The van der Waals surface area contributed by atoms with E-state index in [0.717, 1.165) is 12.1 Å². The molecule has 0 amide bonds. The van der Waals surface area contributed by atoms with Crippen LogP contribution in [0.3, 0.4) is 0 Å². The van der Waals surface area contributed by atoms with Crippen molar-refractivity contribution < 1.29 is 0 Å². The van der Waals surface area contributed by atoms with E-state index in [0.29, 0.717) is 22.6 Å². The first-order valence-corrected chi connectivity index (χ1v) is 6.22. The summed E-state index contributed by atoms with van der Waals surface area (Å²) in [6, 6.07) is 9.97. The zero-order valence-electron chi connectivity index (χ0n) is 11.2. The lowest BCUT2D eigenvalue weighted by molar-refractivity contribution is 0.457. The van der Waals surface area contributed by atoms with Gasteiger partial charge in [-0.25, -0.2) is 0 Å². The van der Waals surface area contributed by atoms with E-state index in [1.807, 2.05) is 30.3 Å². The highest BCUT2D eigenvalue weighted by Crippen LogP contribution is 2.68. The molecule has 0 spiro atoms. The Bertz CT molecular complexity index is 415. The summed E-state index contributed by atoms with van der Waals surface area (Å²) in [5, 5.41) is 0. The number of amidine groups is 1. The van der Waals surface area contributed by atoms with Gasteiger partial charge in [-0.1, -0.05) is 58.0 Å². The molecule has 2 rings (SSSR count). The second-order valence-electron chi connectivity index (χ2n) is 6.09. The first-order chi connectivity index (χ1) is 7.87. The van der Waals surface area contributed by atoms with E-state index >= 15 is 0 Å². The Morgan fingerprint density at radius 2 is 1.65 bits per heavy atom. The molecule has 1 saturated carbocycles. The molecule has 92 valence electrons. The topological polar surface area (TPSA) is 38.4 Å². The van der Waals surface area contributed by atoms with Crippen LogP contribution in [0.1, 0.15) is 33.3 Å². The maximum absolute atomic E-state index is 6.00. The molecule has 0 heterocycles. The molecule has 0 bridgehead atoms. The Kier molecular flexibility index (Phi) is 2.76. The molecule has 0 unspecified atom stereocenters. The van der Waals surface area contributed by atoms with Crippen molar-refractivity contribution in [3.05, 3.63) is 35.9 Å². The molecular weight excluding hydrogens is 208 g/mol. The summed E-state index contributed by atoms with van der Waals surface area (Å²) in [5.74, 6) is 1.29. The molecule has 1 aliphatic carbocycles. The molecule has 2 nitrogen and oxygen atoms in total. The molecule has 1 aromatic carbocycles. The molecule has 1 fully saturated rings. The summed E-state index contributed by atoms with van der Waals surface area (Å²) in [6.45, 7) is 10.1. The van der Waals surface area contributed by atoms with Crippen LogP contribution < -0.4 is 5.73 Å². The molecular formula is C15H22N2. The number of nitrogens with two attached hydrogens (primary N) is 1. The quantitative estimate of drug-likeness (QED) is 0.629. The van der Waals surface area contributed by atoms with Gasteiger partial charge in [0.05, 0.1) is 0 Å². The Morgan fingerprint density at radius 3 is 2.12 bits per heavy atom. The summed E-state index contributed by atoms with van der Waals surface area (Å²) in [5.41, 5.74) is 7.78. The minimum atomic E-state index is 0.382. The molecule has 0 atom stereocenters. The van der Waals surface area contributed by atoms with E-state index in [1.54, 1.807) is 0 Å². The summed E-state index contributed by atoms with van der Waals surface area (Å²) in [6.07, 6.45) is 0. The minimum Gasteiger partial charge on any atom is -0.384 e. The van der Waals surface area contributed by atoms with Crippen LogP contribution in [0, 0.1) is 16.7 Å². The standard InChI is InChI=1S/C15H22N2/c1-14(2)12(15(14,3)4)10-17-13(16)11-8-6-5-7-9-11/h5-9,12H,10H2,1-4H3,(H2,16,17). The first kappa shape index (κ1) is 12.2. The maximum Gasteiger partial charge on any atom is 0.125 e. The lowest BCUT2D eigenvalue weighted by Crippen LogP contribution is -2.14. The van der Waals surface area contributed by atoms with E-state index in [2.05, 4.69) is 32.7 Å². The lowest BCUT2D eigenvalue weighted by atomic mass is 10.0. The van der Waals surface area contributed by atoms with Crippen molar-refractivity contribution >= 4 is 5.84 Å². The monoisotopic (exact) mass is 230 g/mol. The highest BCUT2D eigenvalue weighted by molar-refractivity contribution is 5.97. The van der Waals surface area contributed by atoms with Crippen LogP contribution in [0.25, 0.3) is 0 Å². The van der Waals surface area contributed by atoms with Crippen LogP contribution >= 0.6 is 0 Å². The molecule has 1 aliphatic rings. The summed E-state index contributed by atoms with van der Waals surface area (Å²) in [4.78, 5) is 4.54. The summed E-state index contributed by atoms with van der Waals surface area (Å²) < 4.78 is 0. The van der Waals surface area contributed by atoms with Crippen molar-refractivity contribution in [1.29, 1.82) is 0 Å². The third-order valence-electron chi connectivity index (χ3n) is 4.83. The predicted molar refractivity (Wildman–Crippen MR) is 73.1 cm³/mol. The van der Waals surface area contributed by atoms with Crippen molar-refractivity contribution in [2.24, 2.45) is 27.5 Å². The smallest absolute Gasteiger partial charge is 0.125 e. The van der Waals surface area contributed by atoms with Crippen LogP contribution in [-0.2, 0) is 0 Å². The van der Waals surface area contributed by atoms with Crippen LogP contribution in [0.15, 0.2) is 35.3 Å². The number of rotatable bonds is 3. The fourth-order valence-electron chi connectivity index (χ4n) is 2.68. The van der Waals surface area contributed by atoms with Crippen molar-refractivity contribution in [2.45, 2.75) is 27.7 Å². The van der Waals surface area contributed by atoms with E-state index in [4.69, 9.17) is 5.73 Å². The molecule has 0 radical (unpaired) electrons. The molecule has 17 heavy (non-hydrogen) atoms. The minimum absolute atomic E-state index is 0.382. The van der Waals surface area contributed by atoms with Gasteiger partial charge in [-0.2, -0.15) is 0 Å². The Balaban J connectivity index is 2.04. The molecule has 0 aliphatic heterocycles. The van der Waals surface area contributed by atoms with Gasteiger partial charge in [0, 0.05) is 12.1 Å². The van der Waals surface area contributed by atoms with E-state index < -0.39 is 0 Å². The average Bonchev–Trinajstić information content (AvgIpc) is 2.68. The summed E-state index contributed by atoms with van der Waals surface area (Å²) in [7, 11) is 0. The van der Waals surface area contributed by atoms with Crippen LogP contribution in [0.4, 0.5) is 0 Å². The number of hydrogen-bond acceptors (Lipinski definition) is 1. The zero-order valence-corrected chi connectivity index (χ0v) is 11.2. The Hall–Kier alpha value is -1.31. The molecule has 2 heteroatoms. The van der Waals surface area contributed by atoms with E-state index in [-0.39, 0.29) is 0 Å². The van der Waals surface area contributed by atoms with Crippen molar-refractivity contribution in [1.82, 2.24) is 0 Å². The van der Waals surface area contributed by atoms with Gasteiger partial charge >= 0.3 is 0 Å². The lowest BCUT2D eigenvalue weighted by Gasteiger charge is -2.04. The van der Waals surface area contributed by atoms with E-state index in [9.17, 15) is 0 Å². The molecule has 0 aromatic heterocycles. The van der Waals surface area contributed by atoms with Gasteiger partial charge in [0.15, 0.2) is 0 Å². The van der Waals surface area contributed by atoms with Gasteiger partial charge in [0.2, 0.25) is 0 Å². The predicted octanol–water partition coefficient (Wildman–Crippen LogP) is 3.07. The third-order valence-corrected chi connectivity index (χ3v) is 4.83. The number of hydrogen-bond donors (Lipinski definition) is 1. The van der Waals surface area contributed by atoms with Crippen molar-refractivity contribution in [2.75, 3.05) is 6.54 Å². The van der Waals surface area contributed by atoms with Gasteiger partial charge in [0.25, 0.3) is 0 Å². The second-order valence-corrected chi connectivity index (χ2v) is 6.09. The third kappa shape index (κ3) is 1.97. The van der Waals surface area contributed by atoms with Gasteiger partial charge in [-0.05, 0) is 16.7 Å². The highest BCUT2D eigenvalue weighted by Gasteiger charge is 2.64. The number of benzene rings is 1. The van der Waals surface area contributed by atoms with Crippen molar-refractivity contribution in [3.63, 3.8) is 0 Å². The molecule has 0 saturated heterocycles. The fourth-order valence-corrected chi connectivity index (χ4v) is 2.68. The van der Waals surface area contributed by atoms with E-state index in [1.165, 1.54) is 0 Å². The van der Waals surface area contributed by atoms with Gasteiger partial charge in [0.1, 0.15) is 5.84 Å². The van der Waals surface area contributed by atoms with Crippen LogP contribution in [0.5, 0.6) is 0 Å². The van der Waals surface area contributed by atoms with Gasteiger partial charge in [-0.3, -0.25) is 4.99 Å².